The Bertz CT molecular complexity index is 282. The second kappa shape index (κ2) is 5.29. The molecule has 0 saturated carbocycles. The van der Waals surface area contributed by atoms with Crippen molar-refractivity contribution in [3.05, 3.63) is 35.9 Å². The summed E-state index contributed by atoms with van der Waals surface area (Å²) in [5, 5.41) is 0. The summed E-state index contributed by atoms with van der Waals surface area (Å²) in [4.78, 5) is 0. The van der Waals surface area contributed by atoms with Crippen molar-refractivity contribution in [1.29, 1.82) is 0 Å². The molecule has 1 aliphatic heterocycles. The minimum absolute atomic E-state index is 0.00560. The molecule has 15 heavy (non-hydrogen) atoms. The molecule has 1 heterocycles. The maximum Gasteiger partial charge on any atom is 0.158 e. The highest BCUT2D eigenvalue weighted by molar-refractivity contribution is 5.19. The van der Waals surface area contributed by atoms with Crippen LogP contribution in [0.2, 0.25) is 0 Å². The van der Waals surface area contributed by atoms with Crippen molar-refractivity contribution in [3.63, 3.8) is 0 Å². The van der Waals surface area contributed by atoms with Gasteiger partial charge in [0.05, 0.1) is 6.61 Å². The standard InChI is InChI=1S/C13H18O2/c1-2-14-13-10-12(8-9-15-13)11-6-4-3-5-7-11/h3-7,12-13H,2,8-10H2,1H3/t12-,13+/m1/s1. The Hall–Kier alpha value is -0.860. The fourth-order valence-electron chi connectivity index (χ4n) is 2.09. The first kappa shape index (κ1) is 10.7. The summed E-state index contributed by atoms with van der Waals surface area (Å²) in [7, 11) is 0. The van der Waals surface area contributed by atoms with Crippen LogP contribution in [0.1, 0.15) is 31.2 Å². The average Bonchev–Trinajstić information content (AvgIpc) is 2.31. The molecule has 1 fully saturated rings. The van der Waals surface area contributed by atoms with E-state index in [9.17, 15) is 0 Å². The maximum absolute atomic E-state index is 5.55. The summed E-state index contributed by atoms with van der Waals surface area (Å²) >= 11 is 0. The van der Waals surface area contributed by atoms with Crippen LogP contribution in [0.15, 0.2) is 30.3 Å². The SMILES string of the molecule is CCO[C@@H]1C[C@H](c2ccccc2)CCO1. The molecule has 0 aliphatic carbocycles. The van der Waals surface area contributed by atoms with E-state index in [1.165, 1.54) is 5.56 Å². The van der Waals surface area contributed by atoms with Crippen LogP contribution < -0.4 is 0 Å². The zero-order valence-corrected chi connectivity index (χ0v) is 9.19. The first-order valence-corrected chi connectivity index (χ1v) is 5.68. The summed E-state index contributed by atoms with van der Waals surface area (Å²) in [5.74, 6) is 0.594. The van der Waals surface area contributed by atoms with E-state index in [0.29, 0.717) is 5.92 Å². The van der Waals surface area contributed by atoms with Gasteiger partial charge in [-0.1, -0.05) is 30.3 Å². The van der Waals surface area contributed by atoms with E-state index in [4.69, 9.17) is 9.47 Å². The minimum atomic E-state index is -0.00560. The van der Waals surface area contributed by atoms with E-state index >= 15 is 0 Å². The van der Waals surface area contributed by atoms with Crippen molar-refractivity contribution < 1.29 is 9.47 Å². The molecule has 1 aromatic rings. The Morgan fingerprint density at radius 2 is 2.13 bits per heavy atom. The van der Waals surface area contributed by atoms with Crippen molar-refractivity contribution in [1.82, 2.24) is 0 Å². The second-order valence-electron chi connectivity index (χ2n) is 3.89. The monoisotopic (exact) mass is 206 g/mol. The van der Waals surface area contributed by atoms with Gasteiger partial charge < -0.3 is 9.47 Å². The van der Waals surface area contributed by atoms with Gasteiger partial charge in [-0.15, -0.1) is 0 Å². The summed E-state index contributed by atoms with van der Waals surface area (Å²) in [5.41, 5.74) is 1.41. The lowest BCUT2D eigenvalue weighted by Gasteiger charge is -2.29. The van der Waals surface area contributed by atoms with E-state index < -0.39 is 0 Å². The number of benzene rings is 1. The molecule has 0 bridgehead atoms. The van der Waals surface area contributed by atoms with Crippen molar-refractivity contribution in [2.45, 2.75) is 32.0 Å². The Morgan fingerprint density at radius 3 is 2.87 bits per heavy atom. The molecule has 2 atom stereocenters. The summed E-state index contributed by atoms with van der Waals surface area (Å²) < 4.78 is 11.1. The van der Waals surface area contributed by atoms with Gasteiger partial charge in [0.1, 0.15) is 0 Å². The van der Waals surface area contributed by atoms with Gasteiger partial charge in [0, 0.05) is 13.0 Å². The lowest BCUT2D eigenvalue weighted by atomic mass is 9.91. The van der Waals surface area contributed by atoms with E-state index in [2.05, 4.69) is 30.3 Å². The van der Waals surface area contributed by atoms with E-state index in [1.54, 1.807) is 0 Å². The van der Waals surface area contributed by atoms with Crippen LogP contribution in [0.4, 0.5) is 0 Å². The molecule has 1 saturated heterocycles. The quantitative estimate of drug-likeness (QED) is 0.757. The van der Waals surface area contributed by atoms with E-state index in [1.807, 2.05) is 6.92 Å². The summed E-state index contributed by atoms with van der Waals surface area (Å²) in [6.45, 7) is 3.55. The van der Waals surface area contributed by atoms with Crippen molar-refractivity contribution >= 4 is 0 Å². The normalized spacial score (nSPS) is 26.5. The maximum atomic E-state index is 5.55. The highest BCUT2D eigenvalue weighted by atomic mass is 16.7. The number of rotatable bonds is 3. The summed E-state index contributed by atoms with van der Waals surface area (Å²) in [6.07, 6.45) is 2.08. The van der Waals surface area contributed by atoms with Crippen LogP contribution in [0.5, 0.6) is 0 Å². The van der Waals surface area contributed by atoms with E-state index in [-0.39, 0.29) is 6.29 Å². The molecule has 0 unspecified atom stereocenters. The first-order valence-electron chi connectivity index (χ1n) is 5.68. The third kappa shape index (κ3) is 2.80. The molecular weight excluding hydrogens is 188 g/mol. The second-order valence-corrected chi connectivity index (χ2v) is 3.89. The van der Waals surface area contributed by atoms with Crippen LogP contribution in [0.3, 0.4) is 0 Å². The molecule has 2 nitrogen and oxygen atoms in total. The number of hydrogen-bond donors (Lipinski definition) is 0. The molecule has 1 aromatic carbocycles. The minimum Gasteiger partial charge on any atom is -0.353 e. The van der Waals surface area contributed by atoms with Gasteiger partial charge in [-0.25, -0.2) is 0 Å². The van der Waals surface area contributed by atoms with Gasteiger partial charge in [-0.05, 0) is 24.8 Å². The topological polar surface area (TPSA) is 18.5 Å². The third-order valence-electron chi connectivity index (χ3n) is 2.87. The molecule has 2 rings (SSSR count). The molecule has 0 N–H and O–H groups in total. The number of ether oxygens (including phenoxy) is 2. The van der Waals surface area contributed by atoms with Crippen molar-refractivity contribution in [2.24, 2.45) is 0 Å². The average molecular weight is 206 g/mol. The fraction of sp³-hybridized carbons (Fsp3) is 0.538. The zero-order valence-electron chi connectivity index (χ0n) is 9.19. The Kier molecular flexibility index (Phi) is 3.75. The zero-order chi connectivity index (χ0) is 10.5. The molecular formula is C13H18O2. The molecule has 0 amide bonds. The van der Waals surface area contributed by atoms with Gasteiger partial charge >= 0.3 is 0 Å². The van der Waals surface area contributed by atoms with Gasteiger partial charge in [0.2, 0.25) is 0 Å². The van der Waals surface area contributed by atoms with Gasteiger partial charge in [-0.3, -0.25) is 0 Å². The molecule has 0 aromatic heterocycles. The predicted octanol–water partition coefficient (Wildman–Crippen LogP) is 2.94. The van der Waals surface area contributed by atoms with Gasteiger partial charge in [0.25, 0.3) is 0 Å². The van der Waals surface area contributed by atoms with Gasteiger partial charge in [0.15, 0.2) is 6.29 Å². The van der Waals surface area contributed by atoms with Gasteiger partial charge in [-0.2, -0.15) is 0 Å². The third-order valence-corrected chi connectivity index (χ3v) is 2.87. The Morgan fingerprint density at radius 1 is 1.33 bits per heavy atom. The van der Waals surface area contributed by atoms with Crippen LogP contribution in [0, 0.1) is 0 Å². The predicted molar refractivity (Wildman–Crippen MR) is 59.8 cm³/mol. The smallest absolute Gasteiger partial charge is 0.158 e. The largest absolute Gasteiger partial charge is 0.353 e. The van der Waals surface area contributed by atoms with E-state index in [0.717, 1.165) is 26.1 Å². The first-order chi connectivity index (χ1) is 7.40. The molecule has 82 valence electrons. The highest BCUT2D eigenvalue weighted by Gasteiger charge is 2.23. The molecule has 0 radical (unpaired) electrons. The van der Waals surface area contributed by atoms with Crippen molar-refractivity contribution in [3.8, 4) is 0 Å². The highest BCUT2D eigenvalue weighted by Crippen LogP contribution is 2.30. The van der Waals surface area contributed by atoms with Crippen LogP contribution >= 0.6 is 0 Å². The Balaban J connectivity index is 1.98. The number of hydrogen-bond acceptors (Lipinski definition) is 2. The fourth-order valence-corrected chi connectivity index (χ4v) is 2.09. The molecule has 0 spiro atoms. The van der Waals surface area contributed by atoms with Crippen LogP contribution in [0.25, 0.3) is 0 Å². The lowest BCUT2D eigenvalue weighted by molar-refractivity contribution is -0.164. The summed E-state index contributed by atoms with van der Waals surface area (Å²) in [6, 6.07) is 10.6. The lowest BCUT2D eigenvalue weighted by Crippen LogP contribution is -2.27. The molecule has 1 aliphatic rings. The van der Waals surface area contributed by atoms with Crippen LogP contribution in [-0.2, 0) is 9.47 Å². The Labute approximate surface area is 91.2 Å². The molecule has 2 heteroatoms. The van der Waals surface area contributed by atoms with Crippen molar-refractivity contribution in [2.75, 3.05) is 13.2 Å². The van der Waals surface area contributed by atoms with Crippen LogP contribution in [-0.4, -0.2) is 19.5 Å².